The van der Waals surface area contributed by atoms with E-state index in [1.165, 1.54) is 4.90 Å². The van der Waals surface area contributed by atoms with E-state index >= 15 is 0 Å². The summed E-state index contributed by atoms with van der Waals surface area (Å²) in [7, 11) is 1.66. The number of halogens is 1. The lowest BCUT2D eigenvalue weighted by Crippen LogP contribution is -2.30. The van der Waals surface area contributed by atoms with Crippen LogP contribution in [0.15, 0.2) is 29.2 Å². The first kappa shape index (κ1) is 18.1. The number of amides is 1. The Hall–Kier alpha value is -0.910. The Morgan fingerprint density at radius 1 is 1.43 bits per heavy atom. The van der Waals surface area contributed by atoms with Gasteiger partial charge in [0.2, 0.25) is 5.91 Å². The van der Waals surface area contributed by atoms with Crippen LogP contribution in [0.4, 0.5) is 0 Å². The molecule has 1 amide bonds. The third kappa shape index (κ3) is 5.41. The molecular formula is C15H23ClN2O2S. The molecule has 0 saturated carbocycles. The molecule has 6 heteroatoms. The zero-order valence-electron chi connectivity index (χ0n) is 12.3. The number of benzene rings is 1. The normalized spacial score (nSPS) is 17.4. The third-order valence-corrected chi connectivity index (χ3v) is 4.63. The number of rotatable bonds is 6. The highest BCUT2D eigenvalue weighted by atomic mass is 35.5. The molecule has 1 heterocycles. The second-order valence-corrected chi connectivity index (χ2v) is 6.17. The van der Waals surface area contributed by atoms with Gasteiger partial charge in [-0.05, 0) is 43.1 Å². The number of hydrogen-bond donors (Lipinski definition) is 1. The quantitative estimate of drug-likeness (QED) is 0.814. The van der Waals surface area contributed by atoms with Gasteiger partial charge in [0.25, 0.3) is 0 Å². The van der Waals surface area contributed by atoms with E-state index in [0.717, 1.165) is 31.0 Å². The lowest BCUT2D eigenvalue weighted by Gasteiger charge is -2.16. The molecule has 0 aliphatic carbocycles. The van der Waals surface area contributed by atoms with Crippen LogP contribution in [0.2, 0.25) is 0 Å². The summed E-state index contributed by atoms with van der Waals surface area (Å²) in [5.41, 5.74) is 5.64. The number of carbonyl (C=O) groups excluding carboxylic acids is 1. The minimum absolute atomic E-state index is 0. The van der Waals surface area contributed by atoms with Crippen LogP contribution >= 0.6 is 24.2 Å². The summed E-state index contributed by atoms with van der Waals surface area (Å²) in [5.74, 6) is 2.42. The summed E-state index contributed by atoms with van der Waals surface area (Å²) >= 11 is 1.71. The molecule has 1 aromatic carbocycles. The Balaban J connectivity index is 0.00000220. The van der Waals surface area contributed by atoms with Crippen molar-refractivity contribution in [2.75, 3.05) is 32.5 Å². The number of carbonyl (C=O) groups is 1. The first-order valence-electron chi connectivity index (χ1n) is 6.97. The highest BCUT2D eigenvalue weighted by Crippen LogP contribution is 2.23. The van der Waals surface area contributed by atoms with E-state index in [9.17, 15) is 4.79 Å². The second kappa shape index (κ2) is 9.18. The summed E-state index contributed by atoms with van der Waals surface area (Å²) in [4.78, 5) is 15.2. The number of hydrogen-bond acceptors (Lipinski definition) is 4. The molecule has 1 fully saturated rings. The minimum atomic E-state index is 0. The van der Waals surface area contributed by atoms with Gasteiger partial charge in [-0.1, -0.05) is 0 Å². The van der Waals surface area contributed by atoms with Crippen LogP contribution < -0.4 is 10.5 Å². The third-order valence-electron chi connectivity index (χ3n) is 3.62. The molecule has 1 atom stereocenters. The van der Waals surface area contributed by atoms with Crippen LogP contribution in [-0.2, 0) is 4.79 Å². The Bertz CT molecular complexity index is 442. The van der Waals surface area contributed by atoms with E-state index in [-0.39, 0.29) is 18.3 Å². The molecule has 1 unspecified atom stereocenters. The topological polar surface area (TPSA) is 55.6 Å². The van der Waals surface area contributed by atoms with Crippen LogP contribution in [-0.4, -0.2) is 43.3 Å². The van der Waals surface area contributed by atoms with Crippen molar-refractivity contribution in [3.8, 4) is 5.75 Å². The maximum Gasteiger partial charge on any atom is 0.223 e. The van der Waals surface area contributed by atoms with Crippen LogP contribution in [0.3, 0.4) is 0 Å². The van der Waals surface area contributed by atoms with E-state index < -0.39 is 0 Å². The van der Waals surface area contributed by atoms with Gasteiger partial charge in [0.15, 0.2) is 0 Å². The lowest BCUT2D eigenvalue weighted by atomic mass is 10.1. The molecule has 0 aromatic heterocycles. The van der Waals surface area contributed by atoms with Crippen molar-refractivity contribution in [2.45, 2.75) is 17.7 Å². The fourth-order valence-electron chi connectivity index (χ4n) is 2.34. The summed E-state index contributed by atoms with van der Waals surface area (Å²) in [6, 6.07) is 7.93. The minimum Gasteiger partial charge on any atom is -0.497 e. The van der Waals surface area contributed by atoms with Gasteiger partial charge in [0.05, 0.1) is 7.11 Å². The maximum atomic E-state index is 12.0. The Kier molecular flexibility index (Phi) is 7.93. The van der Waals surface area contributed by atoms with Gasteiger partial charge in [-0.2, -0.15) is 0 Å². The Morgan fingerprint density at radius 3 is 2.71 bits per heavy atom. The van der Waals surface area contributed by atoms with Gasteiger partial charge in [-0.25, -0.2) is 0 Å². The molecule has 2 rings (SSSR count). The number of likely N-dealkylation sites (tertiary alicyclic amines) is 1. The molecule has 1 saturated heterocycles. The van der Waals surface area contributed by atoms with E-state index in [1.54, 1.807) is 18.9 Å². The van der Waals surface area contributed by atoms with Crippen LogP contribution in [0.5, 0.6) is 5.75 Å². The van der Waals surface area contributed by atoms with Crippen molar-refractivity contribution in [1.29, 1.82) is 0 Å². The monoisotopic (exact) mass is 330 g/mol. The Morgan fingerprint density at radius 2 is 2.14 bits per heavy atom. The molecule has 1 aliphatic heterocycles. The predicted octanol–water partition coefficient (Wildman–Crippen LogP) is 2.41. The first-order valence-corrected chi connectivity index (χ1v) is 7.96. The highest BCUT2D eigenvalue weighted by molar-refractivity contribution is 7.99. The maximum absolute atomic E-state index is 12.0. The van der Waals surface area contributed by atoms with Crippen LogP contribution in [0.25, 0.3) is 0 Å². The predicted molar refractivity (Wildman–Crippen MR) is 89.3 cm³/mol. The van der Waals surface area contributed by atoms with E-state index in [4.69, 9.17) is 10.5 Å². The number of nitrogens with zero attached hydrogens (tertiary/aromatic N) is 1. The first-order chi connectivity index (χ1) is 9.72. The average Bonchev–Trinajstić information content (AvgIpc) is 2.97. The van der Waals surface area contributed by atoms with E-state index in [1.807, 2.05) is 29.2 Å². The van der Waals surface area contributed by atoms with Gasteiger partial charge in [0, 0.05) is 30.2 Å². The second-order valence-electron chi connectivity index (χ2n) is 5.00. The van der Waals surface area contributed by atoms with Crippen LogP contribution in [0.1, 0.15) is 12.8 Å². The zero-order valence-corrected chi connectivity index (χ0v) is 13.9. The van der Waals surface area contributed by atoms with E-state index in [0.29, 0.717) is 18.9 Å². The fourth-order valence-corrected chi connectivity index (χ4v) is 3.18. The largest absolute Gasteiger partial charge is 0.497 e. The molecule has 0 spiro atoms. The van der Waals surface area contributed by atoms with E-state index in [2.05, 4.69) is 0 Å². The summed E-state index contributed by atoms with van der Waals surface area (Å²) in [6.07, 6.45) is 1.64. The number of thioether (sulfide) groups is 1. The van der Waals surface area contributed by atoms with Crippen molar-refractivity contribution in [1.82, 2.24) is 4.90 Å². The fraction of sp³-hybridized carbons (Fsp3) is 0.533. The summed E-state index contributed by atoms with van der Waals surface area (Å²) < 4.78 is 5.12. The molecule has 2 N–H and O–H groups in total. The highest BCUT2D eigenvalue weighted by Gasteiger charge is 2.24. The van der Waals surface area contributed by atoms with Gasteiger partial charge < -0.3 is 15.4 Å². The van der Waals surface area contributed by atoms with Crippen molar-refractivity contribution in [3.05, 3.63) is 24.3 Å². The molecule has 0 bridgehead atoms. The average molecular weight is 331 g/mol. The molecule has 0 radical (unpaired) electrons. The summed E-state index contributed by atoms with van der Waals surface area (Å²) in [5, 5.41) is 0. The van der Waals surface area contributed by atoms with Gasteiger partial charge in [-0.3, -0.25) is 4.79 Å². The lowest BCUT2D eigenvalue weighted by molar-refractivity contribution is -0.129. The standard InChI is InChI=1S/C15H22N2O2S.ClH/c1-19-13-2-4-14(5-3-13)20-9-7-15(18)17-8-6-12(10-16)11-17;/h2-5,12H,6-11,16H2,1H3;1H. The SMILES string of the molecule is COc1ccc(SCCC(=O)N2CCC(CN)C2)cc1.Cl. The van der Waals surface area contributed by atoms with Crippen molar-refractivity contribution < 1.29 is 9.53 Å². The summed E-state index contributed by atoms with van der Waals surface area (Å²) in [6.45, 7) is 2.39. The van der Waals surface area contributed by atoms with Crippen molar-refractivity contribution >= 4 is 30.1 Å². The zero-order chi connectivity index (χ0) is 14.4. The van der Waals surface area contributed by atoms with Gasteiger partial charge >= 0.3 is 0 Å². The molecule has 4 nitrogen and oxygen atoms in total. The Labute approximate surface area is 136 Å². The smallest absolute Gasteiger partial charge is 0.223 e. The molecule has 1 aromatic rings. The van der Waals surface area contributed by atoms with Crippen LogP contribution in [0, 0.1) is 5.92 Å². The molecule has 21 heavy (non-hydrogen) atoms. The van der Waals surface area contributed by atoms with Crippen molar-refractivity contribution in [2.24, 2.45) is 11.7 Å². The molecular weight excluding hydrogens is 308 g/mol. The number of ether oxygens (including phenoxy) is 1. The van der Waals surface area contributed by atoms with Gasteiger partial charge in [-0.15, -0.1) is 24.2 Å². The molecule has 118 valence electrons. The number of nitrogens with two attached hydrogens (primary N) is 1. The van der Waals surface area contributed by atoms with Crippen molar-refractivity contribution in [3.63, 3.8) is 0 Å². The van der Waals surface area contributed by atoms with Gasteiger partial charge in [0.1, 0.15) is 5.75 Å². The number of methoxy groups -OCH3 is 1. The molecule has 1 aliphatic rings.